The molecule has 0 radical (unpaired) electrons. The molecule has 0 unspecified atom stereocenters. The average Bonchev–Trinajstić information content (AvgIpc) is 3.08. The molecule has 0 aliphatic carbocycles. The zero-order valence-corrected chi connectivity index (χ0v) is 21.3. The van der Waals surface area contributed by atoms with E-state index in [2.05, 4.69) is 0 Å². The number of hydrogen-bond donors (Lipinski definition) is 0. The number of ether oxygens (including phenoxy) is 2. The molecular weight excluding hydrogens is 536 g/mol. The summed E-state index contributed by atoms with van der Waals surface area (Å²) in [4.78, 5) is 26.8. The number of rotatable bonds is 7. The predicted molar refractivity (Wildman–Crippen MR) is 137 cm³/mol. The molecule has 3 aromatic rings. The fourth-order valence-corrected chi connectivity index (χ4v) is 4.96. The summed E-state index contributed by atoms with van der Waals surface area (Å²) in [5, 5.41) is 0.552. The third kappa shape index (κ3) is 5.76. The zero-order chi connectivity index (χ0) is 25.1. The molecule has 1 saturated heterocycles. The summed E-state index contributed by atoms with van der Waals surface area (Å²) in [6.07, 6.45) is 1.55. The molecular formula is C25H17Cl3FNO4S. The molecule has 3 aromatic carbocycles. The van der Waals surface area contributed by atoms with Crippen LogP contribution in [0.25, 0.3) is 6.08 Å². The number of nitrogens with zero attached hydrogens (tertiary/aromatic N) is 1. The molecule has 1 heterocycles. The maximum atomic E-state index is 13.1. The van der Waals surface area contributed by atoms with Crippen molar-refractivity contribution in [1.29, 1.82) is 0 Å². The highest BCUT2D eigenvalue weighted by molar-refractivity contribution is 8.18. The van der Waals surface area contributed by atoms with Crippen molar-refractivity contribution >= 4 is 63.8 Å². The Bertz CT molecular complexity index is 1310. The van der Waals surface area contributed by atoms with Crippen LogP contribution in [0.3, 0.4) is 0 Å². The number of imide groups is 1. The van der Waals surface area contributed by atoms with Crippen molar-refractivity contribution in [2.45, 2.75) is 13.2 Å². The number of carbonyl (C=O) groups is 2. The predicted octanol–water partition coefficient (Wildman–Crippen LogP) is 7.61. The molecule has 1 fully saturated rings. The molecule has 35 heavy (non-hydrogen) atoms. The molecule has 10 heteroatoms. The van der Waals surface area contributed by atoms with Gasteiger partial charge in [0, 0.05) is 15.6 Å². The van der Waals surface area contributed by atoms with Gasteiger partial charge in [0.1, 0.15) is 12.4 Å². The van der Waals surface area contributed by atoms with Crippen LogP contribution in [0, 0.1) is 5.82 Å². The minimum Gasteiger partial charge on any atom is -0.493 e. The third-order valence-corrected chi connectivity index (χ3v) is 6.99. The fraction of sp³-hybridized carbons (Fsp3) is 0.120. The van der Waals surface area contributed by atoms with Gasteiger partial charge in [-0.2, -0.15) is 0 Å². The molecule has 0 N–H and O–H groups in total. The molecule has 5 nitrogen and oxygen atoms in total. The Morgan fingerprint density at radius 2 is 1.69 bits per heavy atom. The van der Waals surface area contributed by atoms with E-state index in [1.807, 2.05) is 0 Å². The minimum absolute atomic E-state index is 0.0409. The quantitative estimate of drug-likeness (QED) is 0.282. The second-order valence-electron chi connectivity index (χ2n) is 7.42. The van der Waals surface area contributed by atoms with Gasteiger partial charge in [-0.3, -0.25) is 14.5 Å². The summed E-state index contributed by atoms with van der Waals surface area (Å²) < 4.78 is 24.3. The number of thioether (sulfide) groups is 1. The van der Waals surface area contributed by atoms with Gasteiger partial charge in [-0.25, -0.2) is 4.39 Å². The largest absolute Gasteiger partial charge is 0.493 e. The minimum atomic E-state index is -0.470. The molecule has 0 atom stereocenters. The number of methoxy groups -OCH3 is 1. The van der Waals surface area contributed by atoms with Gasteiger partial charge >= 0.3 is 0 Å². The van der Waals surface area contributed by atoms with Gasteiger partial charge in [0.2, 0.25) is 0 Å². The molecule has 0 bridgehead atoms. The topological polar surface area (TPSA) is 55.8 Å². The van der Waals surface area contributed by atoms with Crippen molar-refractivity contribution in [3.8, 4) is 11.5 Å². The molecule has 4 rings (SSSR count). The molecule has 0 saturated carbocycles. The Morgan fingerprint density at radius 1 is 1.00 bits per heavy atom. The lowest BCUT2D eigenvalue weighted by atomic mass is 10.1. The van der Waals surface area contributed by atoms with Crippen LogP contribution < -0.4 is 9.47 Å². The third-order valence-electron chi connectivity index (χ3n) is 5.10. The summed E-state index contributed by atoms with van der Waals surface area (Å²) in [5.41, 5.74) is 1.79. The van der Waals surface area contributed by atoms with Crippen molar-refractivity contribution in [1.82, 2.24) is 4.90 Å². The summed E-state index contributed by atoms with van der Waals surface area (Å²) in [7, 11) is 1.46. The van der Waals surface area contributed by atoms with Crippen LogP contribution in [0.5, 0.6) is 11.5 Å². The van der Waals surface area contributed by atoms with E-state index in [1.54, 1.807) is 48.5 Å². The highest BCUT2D eigenvalue weighted by atomic mass is 35.5. The zero-order valence-electron chi connectivity index (χ0n) is 18.2. The fourth-order valence-electron chi connectivity index (χ4n) is 3.33. The van der Waals surface area contributed by atoms with Crippen molar-refractivity contribution in [3.05, 3.63) is 97.1 Å². The Morgan fingerprint density at radius 3 is 2.34 bits per heavy atom. The lowest BCUT2D eigenvalue weighted by Crippen LogP contribution is -2.27. The van der Waals surface area contributed by atoms with E-state index in [9.17, 15) is 14.0 Å². The van der Waals surface area contributed by atoms with Crippen molar-refractivity contribution in [2.75, 3.05) is 7.11 Å². The Balaban J connectivity index is 1.54. The van der Waals surface area contributed by atoms with E-state index in [1.165, 1.54) is 19.2 Å². The second kappa shape index (κ2) is 10.9. The van der Waals surface area contributed by atoms with Gasteiger partial charge in [0.05, 0.1) is 23.6 Å². The van der Waals surface area contributed by atoms with Crippen LogP contribution in [0.1, 0.15) is 16.7 Å². The van der Waals surface area contributed by atoms with Gasteiger partial charge < -0.3 is 9.47 Å². The molecule has 1 aliphatic heterocycles. The molecule has 1 aliphatic rings. The van der Waals surface area contributed by atoms with Crippen LogP contribution in [-0.2, 0) is 17.9 Å². The lowest BCUT2D eigenvalue weighted by Gasteiger charge is -2.15. The number of halogens is 4. The van der Waals surface area contributed by atoms with Gasteiger partial charge in [-0.15, -0.1) is 0 Å². The lowest BCUT2D eigenvalue weighted by molar-refractivity contribution is -0.123. The summed E-state index contributed by atoms with van der Waals surface area (Å²) in [6.45, 7) is 0.111. The average molecular weight is 553 g/mol. The van der Waals surface area contributed by atoms with E-state index < -0.39 is 11.1 Å². The van der Waals surface area contributed by atoms with Crippen LogP contribution in [0.4, 0.5) is 9.18 Å². The highest BCUT2D eigenvalue weighted by Crippen LogP contribution is 2.40. The van der Waals surface area contributed by atoms with Crippen LogP contribution >= 0.6 is 46.6 Å². The molecule has 0 spiro atoms. The molecule has 0 aromatic heterocycles. The van der Waals surface area contributed by atoms with E-state index in [0.717, 1.165) is 22.2 Å². The van der Waals surface area contributed by atoms with E-state index in [4.69, 9.17) is 44.3 Å². The van der Waals surface area contributed by atoms with E-state index in [-0.39, 0.29) is 28.9 Å². The Kier molecular flexibility index (Phi) is 7.91. The standard InChI is InChI=1S/C25H17Cl3FNO4S/c1-33-21-10-15(9-20(28)23(21)34-13-14-5-7-16(29)8-6-14)11-22-24(31)30(25(32)35-22)12-17-18(26)3-2-4-19(17)27/h2-11H,12-13H2,1H3/b22-11-. The summed E-state index contributed by atoms with van der Waals surface area (Å²) in [5.74, 6) is -0.166. The van der Waals surface area contributed by atoms with Crippen molar-refractivity contribution < 1.29 is 23.5 Å². The normalized spacial score (nSPS) is 14.7. The first-order valence-corrected chi connectivity index (χ1v) is 12.1. The van der Waals surface area contributed by atoms with E-state index in [0.29, 0.717) is 32.7 Å². The van der Waals surface area contributed by atoms with Crippen LogP contribution in [0.2, 0.25) is 15.1 Å². The number of amides is 2. The smallest absolute Gasteiger partial charge is 0.293 e. The first-order valence-electron chi connectivity index (χ1n) is 10.2. The van der Waals surface area contributed by atoms with Gasteiger partial charge in [-0.1, -0.05) is 53.0 Å². The number of hydrogen-bond acceptors (Lipinski definition) is 5. The number of benzene rings is 3. The number of carbonyl (C=O) groups excluding carboxylic acids is 2. The van der Waals surface area contributed by atoms with Gasteiger partial charge in [0.15, 0.2) is 11.5 Å². The van der Waals surface area contributed by atoms with Crippen LogP contribution in [0.15, 0.2) is 59.5 Å². The first-order chi connectivity index (χ1) is 16.8. The SMILES string of the molecule is COc1cc(/C=C2\SC(=O)N(Cc3c(Cl)cccc3Cl)C2=O)cc(Cl)c1OCc1ccc(F)cc1. The Labute approximate surface area is 220 Å². The van der Waals surface area contributed by atoms with Crippen LogP contribution in [-0.4, -0.2) is 23.2 Å². The maximum absolute atomic E-state index is 13.1. The first kappa shape index (κ1) is 25.4. The second-order valence-corrected chi connectivity index (χ2v) is 9.63. The monoisotopic (exact) mass is 551 g/mol. The Hall–Kier alpha value is -2.71. The van der Waals surface area contributed by atoms with Crippen molar-refractivity contribution in [3.63, 3.8) is 0 Å². The van der Waals surface area contributed by atoms with E-state index >= 15 is 0 Å². The van der Waals surface area contributed by atoms with Gasteiger partial charge in [0.25, 0.3) is 11.1 Å². The summed E-state index contributed by atoms with van der Waals surface area (Å²) >= 11 is 19.6. The maximum Gasteiger partial charge on any atom is 0.293 e. The highest BCUT2D eigenvalue weighted by Gasteiger charge is 2.35. The van der Waals surface area contributed by atoms with Gasteiger partial charge in [-0.05, 0) is 65.4 Å². The molecule has 180 valence electrons. The van der Waals surface area contributed by atoms with Crippen molar-refractivity contribution in [2.24, 2.45) is 0 Å². The summed E-state index contributed by atoms with van der Waals surface area (Å²) in [6, 6.07) is 14.1. The molecule has 2 amide bonds.